The molecule has 0 spiro atoms. The van der Waals surface area contributed by atoms with Crippen molar-refractivity contribution in [2.24, 2.45) is 0 Å². The molecule has 180 valence electrons. The number of methoxy groups -OCH3 is 2. The number of benzene rings is 3. The van der Waals surface area contributed by atoms with Crippen molar-refractivity contribution >= 4 is 52.1 Å². The van der Waals surface area contributed by atoms with Crippen LogP contribution in [0.1, 0.15) is 12.0 Å². The third kappa shape index (κ3) is 5.55. The Hall–Kier alpha value is -3.62. The summed E-state index contributed by atoms with van der Waals surface area (Å²) in [6.45, 7) is 0.360. The summed E-state index contributed by atoms with van der Waals surface area (Å²) in [6, 6.07) is 20.6. The number of hydrogen-bond donors (Lipinski definition) is 1. The van der Waals surface area contributed by atoms with E-state index < -0.39 is 6.04 Å². The van der Waals surface area contributed by atoms with Crippen LogP contribution >= 0.6 is 23.8 Å². The number of halogens is 1. The zero-order chi connectivity index (χ0) is 24.9. The van der Waals surface area contributed by atoms with E-state index in [1.807, 2.05) is 24.3 Å². The average Bonchev–Trinajstić information content (AvgIpc) is 3.09. The van der Waals surface area contributed by atoms with Crippen LogP contribution in [-0.4, -0.2) is 42.1 Å². The van der Waals surface area contributed by atoms with Gasteiger partial charge >= 0.3 is 0 Å². The molecule has 1 atom stereocenters. The van der Waals surface area contributed by atoms with Gasteiger partial charge in [-0.15, -0.1) is 0 Å². The van der Waals surface area contributed by atoms with E-state index in [2.05, 4.69) is 5.32 Å². The number of thiocarbonyl (C=S) groups is 1. The minimum Gasteiger partial charge on any atom is -0.497 e. The maximum atomic E-state index is 13.5. The molecular formula is C26H24ClN3O4S. The topological polar surface area (TPSA) is 71.1 Å². The quantitative estimate of drug-likeness (QED) is 0.436. The first-order valence-electron chi connectivity index (χ1n) is 10.9. The summed E-state index contributed by atoms with van der Waals surface area (Å²) in [4.78, 5) is 29.7. The molecule has 1 N–H and O–H groups in total. The summed E-state index contributed by atoms with van der Waals surface area (Å²) in [5.41, 5.74) is 2.14. The van der Waals surface area contributed by atoms with Gasteiger partial charge in [0.05, 0.1) is 26.3 Å². The minimum absolute atomic E-state index is 0.0642. The largest absolute Gasteiger partial charge is 0.497 e. The van der Waals surface area contributed by atoms with Crippen molar-refractivity contribution in [3.05, 3.63) is 83.4 Å². The number of carbonyl (C=O) groups excluding carboxylic acids is 2. The van der Waals surface area contributed by atoms with E-state index in [1.54, 1.807) is 67.7 Å². The van der Waals surface area contributed by atoms with Gasteiger partial charge in [0.2, 0.25) is 5.91 Å². The van der Waals surface area contributed by atoms with Crippen LogP contribution in [0.3, 0.4) is 0 Å². The van der Waals surface area contributed by atoms with Crippen LogP contribution in [0.5, 0.6) is 11.5 Å². The average molecular weight is 510 g/mol. The van der Waals surface area contributed by atoms with Crippen LogP contribution in [-0.2, 0) is 16.1 Å². The molecule has 7 nitrogen and oxygen atoms in total. The normalized spacial score (nSPS) is 15.3. The van der Waals surface area contributed by atoms with Crippen molar-refractivity contribution in [2.75, 3.05) is 24.4 Å². The molecule has 2 amide bonds. The maximum absolute atomic E-state index is 13.5. The van der Waals surface area contributed by atoms with Crippen LogP contribution in [0.4, 0.5) is 11.4 Å². The number of nitrogens with zero attached hydrogens (tertiary/aromatic N) is 2. The fourth-order valence-corrected chi connectivity index (χ4v) is 4.34. The van der Waals surface area contributed by atoms with Gasteiger partial charge in [-0.2, -0.15) is 0 Å². The molecule has 9 heteroatoms. The second-order valence-corrected chi connectivity index (χ2v) is 8.71. The lowest BCUT2D eigenvalue weighted by molar-refractivity contribution is -0.124. The molecule has 0 bridgehead atoms. The van der Waals surface area contributed by atoms with Crippen molar-refractivity contribution in [1.29, 1.82) is 0 Å². The first kappa shape index (κ1) is 24.5. The van der Waals surface area contributed by atoms with E-state index in [0.717, 1.165) is 11.3 Å². The van der Waals surface area contributed by atoms with Crippen LogP contribution < -0.4 is 19.7 Å². The van der Waals surface area contributed by atoms with Crippen molar-refractivity contribution in [2.45, 2.75) is 19.0 Å². The Kier molecular flexibility index (Phi) is 7.53. The third-order valence-electron chi connectivity index (χ3n) is 5.67. The molecule has 1 saturated heterocycles. The van der Waals surface area contributed by atoms with Crippen molar-refractivity contribution in [1.82, 2.24) is 4.90 Å². The Morgan fingerprint density at radius 1 is 0.943 bits per heavy atom. The van der Waals surface area contributed by atoms with Crippen molar-refractivity contribution in [3.8, 4) is 11.5 Å². The zero-order valence-electron chi connectivity index (χ0n) is 19.2. The SMILES string of the molecule is COc1ccc(CN2C(=S)N(c3ccc(Cl)cc3)C(=O)C2CC(=O)Nc2ccc(OC)cc2)cc1. The van der Waals surface area contributed by atoms with Gasteiger partial charge in [-0.3, -0.25) is 14.5 Å². The fraction of sp³-hybridized carbons (Fsp3) is 0.192. The Balaban J connectivity index is 1.58. The highest BCUT2D eigenvalue weighted by Crippen LogP contribution is 2.30. The number of amides is 2. The lowest BCUT2D eigenvalue weighted by atomic mass is 10.1. The third-order valence-corrected chi connectivity index (χ3v) is 6.34. The second kappa shape index (κ2) is 10.8. The molecule has 35 heavy (non-hydrogen) atoms. The number of nitrogens with one attached hydrogen (secondary N) is 1. The summed E-state index contributed by atoms with van der Waals surface area (Å²) >= 11 is 11.7. The lowest BCUT2D eigenvalue weighted by Gasteiger charge is -2.24. The molecule has 0 aromatic heterocycles. The highest BCUT2D eigenvalue weighted by atomic mass is 35.5. The first-order chi connectivity index (χ1) is 16.9. The summed E-state index contributed by atoms with van der Waals surface area (Å²) in [5.74, 6) is 0.848. The summed E-state index contributed by atoms with van der Waals surface area (Å²) in [7, 11) is 3.18. The maximum Gasteiger partial charge on any atom is 0.256 e. The van der Waals surface area contributed by atoms with Gasteiger partial charge in [0, 0.05) is 17.3 Å². The van der Waals surface area contributed by atoms with E-state index in [4.69, 9.17) is 33.3 Å². The number of hydrogen-bond acceptors (Lipinski definition) is 5. The number of carbonyl (C=O) groups is 2. The van der Waals surface area contributed by atoms with E-state index in [1.165, 1.54) is 4.90 Å². The van der Waals surface area contributed by atoms with Crippen molar-refractivity contribution in [3.63, 3.8) is 0 Å². The van der Waals surface area contributed by atoms with Crippen molar-refractivity contribution < 1.29 is 19.1 Å². The van der Waals surface area contributed by atoms with E-state index >= 15 is 0 Å². The smallest absolute Gasteiger partial charge is 0.256 e. The van der Waals surface area contributed by atoms with Gasteiger partial charge < -0.3 is 19.7 Å². The molecule has 0 aliphatic carbocycles. The van der Waals surface area contributed by atoms with Gasteiger partial charge in [-0.1, -0.05) is 23.7 Å². The fourth-order valence-electron chi connectivity index (χ4n) is 3.83. The summed E-state index contributed by atoms with van der Waals surface area (Å²) in [6.07, 6.45) is -0.0642. The lowest BCUT2D eigenvalue weighted by Crippen LogP contribution is -2.37. The molecule has 1 aliphatic heterocycles. The molecule has 1 aliphatic rings. The molecule has 0 radical (unpaired) electrons. The van der Waals surface area contributed by atoms with Gasteiger partial charge in [0.1, 0.15) is 17.5 Å². The van der Waals surface area contributed by atoms with Crippen LogP contribution in [0.2, 0.25) is 5.02 Å². The number of rotatable bonds is 8. The molecule has 3 aromatic carbocycles. The molecule has 1 unspecified atom stereocenters. The Labute approximate surface area is 214 Å². The van der Waals surface area contributed by atoms with Gasteiger partial charge in [0.25, 0.3) is 5.91 Å². The van der Waals surface area contributed by atoms with E-state index in [0.29, 0.717) is 33.8 Å². The van der Waals surface area contributed by atoms with Crippen LogP contribution in [0.25, 0.3) is 0 Å². The van der Waals surface area contributed by atoms with Gasteiger partial charge in [0.15, 0.2) is 5.11 Å². The second-order valence-electron chi connectivity index (χ2n) is 7.91. The molecule has 1 fully saturated rings. The molecular weight excluding hydrogens is 486 g/mol. The Morgan fingerprint density at radius 3 is 2.09 bits per heavy atom. The minimum atomic E-state index is -0.765. The van der Waals surface area contributed by atoms with E-state index in [9.17, 15) is 9.59 Å². The zero-order valence-corrected chi connectivity index (χ0v) is 20.8. The highest BCUT2D eigenvalue weighted by Gasteiger charge is 2.44. The summed E-state index contributed by atoms with van der Waals surface area (Å²) in [5, 5.41) is 3.73. The molecule has 3 aromatic rings. The Morgan fingerprint density at radius 2 is 1.51 bits per heavy atom. The number of ether oxygens (including phenoxy) is 2. The van der Waals surface area contributed by atoms with E-state index in [-0.39, 0.29) is 18.2 Å². The molecule has 4 rings (SSSR count). The van der Waals surface area contributed by atoms with Crippen LogP contribution in [0, 0.1) is 0 Å². The van der Waals surface area contributed by atoms with Crippen LogP contribution in [0.15, 0.2) is 72.8 Å². The first-order valence-corrected chi connectivity index (χ1v) is 11.6. The predicted octanol–water partition coefficient (Wildman–Crippen LogP) is 4.89. The monoisotopic (exact) mass is 509 g/mol. The van der Waals surface area contributed by atoms with Gasteiger partial charge in [-0.25, -0.2) is 0 Å². The molecule has 0 saturated carbocycles. The summed E-state index contributed by atoms with van der Waals surface area (Å²) < 4.78 is 10.4. The predicted molar refractivity (Wildman–Crippen MR) is 140 cm³/mol. The standard InChI is InChI=1S/C26H24ClN3O4S/c1-33-21-11-3-17(4-12-21)16-29-23(15-24(31)28-19-7-13-22(34-2)14-8-19)25(32)30(26(29)35)20-9-5-18(27)6-10-20/h3-14,23H,15-16H2,1-2H3,(H,28,31). The highest BCUT2D eigenvalue weighted by molar-refractivity contribution is 7.80. The molecule has 1 heterocycles. The Bertz CT molecular complexity index is 1220. The van der Waals surface area contributed by atoms with Gasteiger partial charge in [-0.05, 0) is 78.4 Å². The number of anilines is 2.